The zero-order chi connectivity index (χ0) is 19.1. The highest BCUT2D eigenvalue weighted by Crippen LogP contribution is 2.35. The molecule has 0 aromatic heterocycles. The van der Waals surface area contributed by atoms with Crippen molar-refractivity contribution in [1.29, 1.82) is 0 Å². The molecule has 136 valence electrons. The van der Waals surface area contributed by atoms with E-state index in [1.165, 1.54) is 0 Å². The average Bonchev–Trinajstić information content (AvgIpc) is 2.75. The molecular weight excluding hydrogens is 343 g/mol. The molecule has 0 amide bonds. The molecule has 0 unspecified atom stereocenters. The van der Waals surface area contributed by atoms with E-state index in [1.807, 2.05) is 6.07 Å². The summed E-state index contributed by atoms with van der Waals surface area (Å²) in [6, 6.07) is 25.4. The fourth-order valence-corrected chi connectivity index (χ4v) is 2.83. The van der Waals surface area contributed by atoms with Gasteiger partial charge in [0.25, 0.3) is 5.67 Å². The molecule has 0 heterocycles. The number of ether oxygens (including phenoxy) is 1. The third kappa shape index (κ3) is 3.90. The maximum Gasteiger partial charge on any atom is 0.353 e. The van der Waals surface area contributed by atoms with Crippen molar-refractivity contribution in [3.8, 4) is 0 Å². The molecule has 0 spiro atoms. The summed E-state index contributed by atoms with van der Waals surface area (Å²) in [5.41, 5.74) is -0.991. The lowest BCUT2D eigenvalue weighted by atomic mass is 9.88. The van der Waals surface area contributed by atoms with E-state index >= 15 is 4.39 Å². The third-order valence-electron chi connectivity index (χ3n) is 4.28. The lowest BCUT2D eigenvalue weighted by Crippen LogP contribution is -2.34. The van der Waals surface area contributed by atoms with Gasteiger partial charge in [-0.05, 0) is 5.56 Å². The topological polar surface area (TPSA) is 46.5 Å². The molecule has 0 saturated heterocycles. The van der Waals surface area contributed by atoms with E-state index < -0.39 is 11.6 Å². The van der Waals surface area contributed by atoms with Gasteiger partial charge < -0.3 is 9.84 Å². The zero-order valence-electron chi connectivity index (χ0n) is 14.6. The van der Waals surface area contributed by atoms with Crippen LogP contribution in [0, 0.1) is 0 Å². The molecular formula is C23H19FO3. The maximum atomic E-state index is 16.1. The number of hydrogen-bond donors (Lipinski definition) is 1. The lowest BCUT2D eigenvalue weighted by molar-refractivity contribution is -0.154. The first kappa shape index (κ1) is 18.4. The van der Waals surface area contributed by atoms with Crippen LogP contribution in [-0.4, -0.2) is 17.7 Å². The molecule has 4 heteroatoms. The molecule has 0 aliphatic rings. The van der Waals surface area contributed by atoms with Crippen molar-refractivity contribution in [3.05, 3.63) is 114 Å². The van der Waals surface area contributed by atoms with Crippen molar-refractivity contribution in [1.82, 2.24) is 0 Å². The van der Waals surface area contributed by atoms with E-state index in [1.54, 1.807) is 84.9 Å². The van der Waals surface area contributed by atoms with Gasteiger partial charge in [-0.15, -0.1) is 0 Å². The van der Waals surface area contributed by atoms with Crippen molar-refractivity contribution >= 4 is 11.5 Å². The summed E-state index contributed by atoms with van der Waals surface area (Å²) < 4.78 is 21.3. The van der Waals surface area contributed by atoms with Gasteiger partial charge in [0.05, 0.1) is 6.26 Å². The Kier molecular flexibility index (Phi) is 5.67. The van der Waals surface area contributed by atoms with Crippen molar-refractivity contribution in [2.75, 3.05) is 6.61 Å². The van der Waals surface area contributed by atoms with E-state index in [-0.39, 0.29) is 17.7 Å². The zero-order valence-corrected chi connectivity index (χ0v) is 14.6. The quantitative estimate of drug-likeness (QED) is 0.493. The SMILES string of the molecule is O=C(OCC(=CO)c1ccccc1)C(F)(c1ccccc1)c1ccccc1. The number of alkyl halides is 1. The highest BCUT2D eigenvalue weighted by atomic mass is 19.1. The highest BCUT2D eigenvalue weighted by Gasteiger charge is 2.44. The predicted octanol–water partition coefficient (Wildman–Crippen LogP) is 5.04. The highest BCUT2D eigenvalue weighted by molar-refractivity contribution is 5.86. The fourth-order valence-electron chi connectivity index (χ4n) is 2.83. The molecule has 1 N–H and O–H groups in total. The monoisotopic (exact) mass is 362 g/mol. The second kappa shape index (κ2) is 8.32. The molecule has 0 atom stereocenters. The molecule has 3 nitrogen and oxygen atoms in total. The molecule has 0 fully saturated rings. The number of aliphatic hydroxyl groups is 1. The molecule has 27 heavy (non-hydrogen) atoms. The maximum absolute atomic E-state index is 16.1. The van der Waals surface area contributed by atoms with Crippen molar-refractivity contribution in [3.63, 3.8) is 0 Å². The minimum Gasteiger partial charge on any atom is -0.515 e. The first-order chi connectivity index (χ1) is 13.2. The summed E-state index contributed by atoms with van der Waals surface area (Å²) in [4.78, 5) is 12.8. The third-order valence-corrected chi connectivity index (χ3v) is 4.28. The Morgan fingerprint density at radius 2 is 1.30 bits per heavy atom. The number of benzene rings is 3. The van der Waals surface area contributed by atoms with Gasteiger partial charge in [0, 0.05) is 16.7 Å². The van der Waals surface area contributed by atoms with Crippen molar-refractivity contribution < 1.29 is 19.0 Å². The van der Waals surface area contributed by atoms with Crippen LogP contribution in [0.5, 0.6) is 0 Å². The van der Waals surface area contributed by atoms with Crippen LogP contribution in [0.15, 0.2) is 97.3 Å². The van der Waals surface area contributed by atoms with Crippen LogP contribution in [0.4, 0.5) is 4.39 Å². The Morgan fingerprint density at radius 1 is 0.852 bits per heavy atom. The fraction of sp³-hybridized carbons (Fsp3) is 0.0870. The van der Waals surface area contributed by atoms with Gasteiger partial charge in [-0.1, -0.05) is 91.0 Å². The standard InChI is InChI=1S/C23H19FO3/c24-23(20-12-6-2-7-13-20,21-14-8-3-9-15-21)22(26)27-17-19(16-25)18-10-4-1-5-11-18/h1-16,25H,17H2. The number of carbonyl (C=O) groups is 1. The van der Waals surface area contributed by atoms with E-state index in [4.69, 9.17) is 4.74 Å². The predicted molar refractivity (Wildman–Crippen MR) is 103 cm³/mol. The second-order valence-electron chi connectivity index (χ2n) is 5.99. The van der Waals surface area contributed by atoms with Crippen LogP contribution in [0.2, 0.25) is 0 Å². The van der Waals surface area contributed by atoms with Crippen molar-refractivity contribution in [2.45, 2.75) is 5.67 Å². The summed E-state index contributed by atoms with van der Waals surface area (Å²) >= 11 is 0. The van der Waals surface area contributed by atoms with Gasteiger partial charge in [0.2, 0.25) is 0 Å². The van der Waals surface area contributed by atoms with Crippen LogP contribution < -0.4 is 0 Å². The Morgan fingerprint density at radius 3 is 1.74 bits per heavy atom. The van der Waals surface area contributed by atoms with Crippen LogP contribution >= 0.6 is 0 Å². The van der Waals surface area contributed by atoms with Crippen LogP contribution in [-0.2, 0) is 15.2 Å². The Labute approximate surface area is 157 Å². The number of halogens is 1. The van der Waals surface area contributed by atoms with Gasteiger partial charge in [0.15, 0.2) is 0 Å². The molecule has 3 rings (SSSR count). The molecule has 3 aromatic rings. The number of rotatable bonds is 6. The van der Waals surface area contributed by atoms with Crippen molar-refractivity contribution in [2.24, 2.45) is 0 Å². The van der Waals surface area contributed by atoms with Crippen LogP contribution in [0.25, 0.3) is 5.57 Å². The summed E-state index contributed by atoms with van der Waals surface area (Å²) in [7, 11) is 0. The van der Waals surface area contributed by atoms with Crippen LogP contribution in [0.3, 0.4) is 0 Å². The average molecular weight is 362 g/mol. The minimum atomic E-state index is -2.44. The second-order valence-corrected chi connectivity index (χ2v) is 5.99. The molecule has 0 aliphatic carbocycles. The Hall–Kier alpha value is -3.40. The van der Waals surface area contributed by atoms with Gasteiger partial charge >= 0.3 is 5.97 Å². The van der Waals surface area contributed by atoms with Gasteiger partial charge in [-0.25, -0.2) is 9.18 Å². The Bertz CT molecular complexity index is 867. The first-order valence-corrected chi connectivity index (χ1v) is 8.52. The number of aliphatic hydroxyl groups excluding tert-OH is 1. The Balaban J connectivity index is 1.88. The number of carbonyl (C=O) groups excluding carboxylic acids is 1. The smallest absolute Gasteiger partial charge is 0.353 e. The summed E-state index contributed by atoms with van der Waals surface area (Å²) in [5, 5.41) is 9.48. The van der Waals surface area contributed by atoms with Crippen LogP contribution in [0.1, 0.15) is 16.7 Å². The summed E-state index contributed by atoms with van der Waals surface area (Å²) in [5.74, 6) is -1.03. The molecule has 0 bridgehead atoms. The van der Waals surface area contributed by atoms with E-state index in [0.29, 0.717) is 11.1 Å². The van der Waals surface area contributed by atoms with Gasteiger partial charge in [0.1, 0.15) is 6.61 Å². The van der Waals surface area contributed by atoms with Gasteiger partial charge in [-0.2, -0.15) is 0 Å². The van der Waals surface area contributed by atoms with E-state index in [2.05, 4.69) is 0 Å². The largest absolute Gasteiger partial charge is 0.515 e. The molecule has 0 aliphatic heterocycles. The molecule has 3 aromatic carbocycles. The molecule has 0 radical (unpaired) electrons. The summed E-state index contributed by atoms with van der Waals surface area (Å²) in [6.07, 6.45) is 0.869. The first-order valence-electron chi connectivity index (χ1n) is 8.52. The van der Waals surface area contributed by atoms with E-state index in [0.717, 1.165) is 6.26 Å². The number of esters is 1. The minimum absolute atomic E-state index is 0.190. The lowest BCUT2D eigenvalue weighted by Gasteiger charge is -2.24. The van der Waals surface area contributed by atoms with E-state index in [9.17, 15) is 9.90 Å². The summed E-state index contributed by atoms with van der Waals surface area (Å²) in [6.45, 7) is -0.245. The normalized spacial score (nSPS) is 11.8. The number of hydrogen-bond acceptors (Lipinski definition) is 3. The molecule has 0 saturated carbocycles. The van der Waals surface area contributed by atoms with Gasteiger partial charge in [-0.3, -0.25) is 0 Å².